The van der Waals surface area contributed by atoms with Crippen LogP contribution in [0.5, 0.6) is 0 Å². The number of carbonyl (C=O) groups excluding carboxylic acids is 1. The summed E-state index contributed by atoms with van der Waals surface area (Å²) in [6.45, 7) is 13.1. The third-order valence-corrected chi connectivity index (χ3v) is 3.91. The van der Waals surface area contributed by atoms with Gasteiger partial charge >= 0.3 is 0 Å². The van der Waals surface area contributed by atoms with Crippen LogP contribution < -0.4 is 0 Å². The predicted octanol–water partition coefficient (Wildman–Crippen LogP) is 2.40. The maximum absolute atomic E-state index is 12.8. The number of aliphatic hydroxyl groups excluding tert-OH is 1. The van der Waals surface area contributed by atoms with E-state index in [1.165, 1.54) is 0 Å². The van der Waals surface area contributed by atoms with E-state index >= 15 is 0 Å². The highest BCUT2D eigenvalue weighted by Gasteiger charge is 2.39. The van der Waals surface area contributed by atoms with Crippen molar-refractivity contribution < 1.29 is 9.90 Å². The smallest absolute Gasteiger partial charge is 0.271 e. The van der Waals surface area contributed by atoms with E-state index in [1.807, 2.05) is 36.3 Å². The largest absolute Gasteiger partial charge is 0.394 e. The topological polar surface area (TPSA) is 45.5 Å². The molecule has 0 fully saturated rings. The zero-order valence-corrected chi connectivity index (χ0v) is 13.4. The first-order valence-corrected chi connectivity index (χ1v) is 7.21. The molecule has 2 rings (SSSR count). The maximum Gasteiger partial charge on any atom is 0.271 e. The van der Waals surface area contributed by atoms with E-state index < -0.39 is 0 Å². The van der Waals surface area contributed by atoms with Crippen molar-refractivity contribution in [3.63, 3.8) is 0 Å². The summed E-state index contributed by atoms with van der Waals surface area (Å²) in [5.41, 5.74) is 1.62. The molecule has 1 aliphatic heterocycles. The van der Waals surface area contributed by atoms with Crippen molar-refractivity contribution in [3.05, 3.63) is 23.5 Å². The zero-order chi connectivity index (χ0) is 15.3. The first-order chi connectivity index (χ1) is 9.05. The fourth-order valence-corrected chi connectivity index (χ4v) is 2.84. The second kappa shape index (κ2) is 4.62. The standard InChI is InChI=1S/C16H26N2O2/c1-15(2,3)11-7-13-14(20)18(16(4,5)6)12(10-19)9-17(13)8-11/h7-8,12,19H,9-10H2,1-6H3/t12-/m1/s1. The lowest BCUT2D eigenvalue weighted by molar-refractivity contribution is 0.0182. The fourth-order valence-electron chi connectivity index (χ4n) is 2.84. The lowest BCUT2D eigenvalue weighted by Crippen LogP contribution is -2.57. The molecular formula is C16H26N2O2. The monoisotopic (exact) mass is 278 g/mol. The Morgan fingerprint density at radius 3 is 2.30 bits per heavy atom. The second-order valence-corrected chi connectivity index (χ2v) is 7.70. The third kappa shape index (κ3) is 2.49. The summed E-state index contributed by atoms with van der Waals surface area (Å²) < 4.78 is 1.99. The Balaban J connectivity index is 2.48. The first kappa shape index (κ1) is 15.1. The number of amides is 1. The van der Waals surface area contributed by atoms with Gasteiger partial charge in [0, 0.05) is 18.3 Å². The van der Waals surface area contributed by atoms with Crippen molar-refractivity contribution in [2.45, 2.75) is 65.1 Å². The fraction of sp³-hybridized carbons (Fsp3) is 0.688. The number of aliphatic hydroxyl groups is 1. The summed E-state index contributed by atoms with van der Waals surface area (Å²) in [7, 11) is 0. The molecule has 4 heteroatoms. The Kier molecular flexibility index (Phi) is 3.49. The minimum atomic E-state index is -0.290. The molecule has 0 radical (unpaired) electrons. The van der Waals surface area contributed by atoms with Crippen molar-refractivity contribution in [1.82, 2.24) is 9.47 Å². The Labute approximate surface area is 121 Å². The lowest BCUT2D eigenvalue weighted by Gasteiger charge is -2.44. The Hall–Kier alpha value is -1.29. The van der Waals surface area contributed by atoms with Crippen LogP contribution in [0.15, 0.2) is 12.3 Å². The van der Waals surface area contributed by atoms with Gasteiger partial charge in [-0.2, -0.15) is 0 Å². The molecule has 112 valence electrons. The van der Waals surface area contributed by atoms with Crippen molar-refractivity contribution in [2.24, 2.45) is 0 Å². The molecule has 1 aromatic heterocycles. The van der Waals surface area contributed by atoms with Gasteiger partial charge in [-0.1, -0.05) is 20.8 Å². The molecule has 0 aromatic carbocycles. The van der Waals surface area contributed by atoms with Gasteiger partial charge in [-0.15, -0.1) is 0 Å². The number of fused-ring (bicyclic) bond motifs is 1. The molecule has 1 atom stereocenters. The highest BCUT2D eigenvalue weighted by Crippen LogP contribution is 2.31. The van der Waals surface area contributed by atoms with Gasteiger partial charge in [-0.25, -0.2) is 0 Å². The predicted molar refractivity (Wildman–Crippen MR) is 79.9 cm³/mol. The molecule has 0 spiro atoms. The number of hydrogen-bond donors (Lipinski definition) is 1. The molecule has 0 saturated carbocycles. The Morgan fingerprint density at radius 1 is 1.25 bits per heavy atom. The quantitative estimate of drug-likeness (QED) is 0.857. The van der Waals surface area contributed by atoms with Gasteiger partial charge in [0.05, 0.1) is 12.6 Å². The van der Waals surface area contributed by atoms with E-state index in [2.05, 4.69) is 27.0 Å². The van der Waals surface area contributed by atoms with Crippen LogP contribution in [0.25, 0.3) is 0 Å². The van der Waals surface area contributed by atoms with Crippen molar-refractivity contribution in [2.75, 3.05) is 6.61 Å². The molecule has 0 saturated heterocycles. The van der Waals surface area contributed by atoms with Crippen LogP contribution in [0.1, 0.15) is 57.6 Å². The van der Waals surface area contributed by atoms with Gasteiger partial charge < -0.3 is 14.6 Å². The van der Waals surface area contributed by atoms with E-state index in [9.17, 15) is 9.90 Å². The van der Waals surface area contributed by atoms with Gasteiger partial charge in [-0.05, 0) is 37.8 Å². The average molecular weight is 278 g/mol. The molecule has 1 N–H and O–H groups in total. The summed E-state index contributed by atoms with van der Waals surface area (Å²) in [5, 5.41) is 9.63. The Bertz CT molecular complexity index is 518. The van der Waals surface area contributed by atoms with Gasteiger partial charge in [-0.3, -0.25) is 4.79 Å². The van der Waals surface area contributed by atoms with Gasteiger partial charge in [0.2, 0.25) is 0 Å². The molecule has 4 nitrogen and oxygen atoms in total. The Morgan fingerprint density at radius 2 is 1.85 bits per heavy atom. The lowest BCUT2D eigenvalue weighted by atomic mass is 9.89. The van der Waals surface area contributed by atoms with Crippen LogP contribution in [-0.2, 0) is 12.0 Å². The summed E-state index contributed by atoms with van der Waals surface area (Å²) in [4.78, 5) is 14.6. The van der Waals surface area contributed by atoms with Crippen molar-refractivity contribution >= 4 is 5.91 Å². The number of nitrogens with zero attached hydrogens (tertiary/aromatic N) is 2. The number of aromatic nitrogens is 1. The molecule has 0 bridgehead atoms. The summed E-state index contributed by atoms with van der Waals surface area (Å²) >= 11 is 0. The summed E-state index contributed by atoms with van der Waals surface area (Å²) in [6.07, 6.45) is 2.05. The molecule has 1 amide bonds. The molecule has 0 unspecified atom stereocenters. The highest BCUT2D eigenvalue weighted by atomic mass is 16.3. The van der Waals surface area contributed by atoms with Crippen LogP contribution in [0.2, 0.25) is 0 Å². The van der Waals surface area contributed by atoms with Gasteiger partial charge in [0.15, 0.2) is 0 Å². The van der Waals surface area contributed by atoms with E-state index in [1.54, 1.807) is 0 Å². The third-order valence-electron chi connectivity index (χ3n) is 3.91. The number of rotatable bonds is 1. The maximum atomic E-state index is 12.8. The van der Waals surface area contributed by atoms with Crippen LogP contribution >= 0.6 is 0 Å². The minimum Gasteiger partial charge on any atom is -0.394 e. The van der Waals surface area contributed by atoms with E-state index in [0.717, 1.165) is 11.3 Å². The molecule has 2 heterocycles. The van der Waals surface area contributed by atoms with Crippen molar-refractivity contribution in [1.29, 1.82) is 0 Å². The van der Waals surface area contributed by atoms with Crippen molar-refractivity contribution in [3.8, 4) is 0 Å². The van der Waals surface area contributed by atoms with Crippen LogP contribution in [-0.4, -0.2) is 38.7 Å². The highest BCUT2D eigenvalue weighted by molar-refractivity contribution is 5.94. The van der Waals surface area contributed by atoms with E-state index in [-0.39, 0.29) is 29.5 Å². The molecule has 1 aliphatic rings. The van der Waals surface area contributed by atoms with Gasteiger partial charge in [0.25, 0.3) is 5.91 Å². The zero-order valence-electron chi connectivity index (χ0n) is 13.4. The van der Waals surface area contributed by atoms with E-state index in [0.29, 0.717) is 6.54 Å². The summed E-state index contributed by atoms with van der Waals surface area (Å²) in [6, 6.07) is 1.84. The van der Waals surface area contributed by atoms with Crippen LogP contribution in [0.3, 0.4) is 0 Å². The first-order valence-electron chi connectivity index (χ1n) is 7.21. The number of hydrogen-bond acceptors (Lipinski definition) is 2. The second-order valence-electron chi connectivity index (χ2n) is 7.70. The van der Waals surface area contributed by atoms with Gasteiger partial charge in [0.1, 0.15) is 5.69 Å². The molecule has 1 aromatic rings. The van der Waals surface area contributed by atoms with Crippen LogP contribution in [0, 0.1) is 0 Å². The van der Waals surface area contributed by atoms with E-state index in [4.69, 9.17) is 0 Å². The minimum absolute atomic E-state index is 0.00845. The molecular weight excluding hydrogens is 252 g/mol. The summed E-state index contributed by atoms with van der Waals surface area (Å²) in [5.74, 6) is 0.0123. The number of carbonyl (C=O) groups is 1. The molecule has 20 heavy (non-hydrogen) atoms. The van der Waals surface area contributed by atoms with Crippen LogP contribution in [0.4, 0.5) is 0 Å². The normalized spacial score (nSPS) is 20.2. The average Bonchev–Trinajstić information content (AvgIpc) is 2.70. The SMILES string of the molecule is CC(C)(C)c1cc2n(c1)C[C@H](CO)N(C(C)(C)C)C2=O. The molecule has 0 aliphatic carbocycles.